The fourth-order valence-corrected chi connectivity index (χ4v) is 1.53. The fourth-order valence-electron chi connectivity index (χ4n) is 0.330. The van der Waals surface area contributed by atoms with Gasteiger partial charge in [-0.15, -0.1) is 8.19 Å². The van der Waals surface area contributed by atoms with Gasteiger partial charge in [0.2, 0.25) is 0 Å². The summed E-state index contributed by atoms with van der Waals surface area (Å²) < 4.78 is 0.779. The lowest BCUT2D eigenvalue weighted by atomic mass is 10.7. The molecule has 1 aromatic heterocycles. The summed E-state index contributed by atoms with van der Waals surface area (Å²) in [5.41, 5.74) is 0. The Bertz CT molecular complexity index is 142. The molecule has 1 heterocycles. The highest BCUT2D eigenvalue weighted by molar-refractivity contribution is 7.33. The van der Waals surface area contributed by atoms with Gasteiger partial charge in [0.15, 0.2) is 0 Å². The van der Waals surface area contributed by atoms with E-state index in [1.54, 1.807) is 0 Å². The summed E-state index contributed by atoms with van der Waals surface area (Å²) in [6.45, 7) is 0. The Hall–Kier alpha value is 0.360. The van der Waals surface area contributed by atoms with Crippen LogP contribution >= 0.6 is 31.4 Å². The second-order valence-electron chi connectivity index (χ2n) is 1.14. The van der Waals surface area contributed by atoms with Gasteiger partial charge in [0.1, 0.15) is 0 Å². The summed E-state index contributed by atoms with van der Waals surface area (Å²) >= 11 is 11.1. The summed E-state index contributed by atoms with van der Waals surface area (Å²) in [5.74, 6) is 1.96. The Morgan fingerprint density at radius 2 is 2.14 bits per heavy atom. The zero-order valence-electron chi connectivity index (χ0n) is 3.41. The Balaban J connectivity index is 3.12. The second-order valence-corrected chi connectivity index (χ2v) is 3.36. The Kier molecular flexibility index (Phi) is 1.64. The monoisotopic (exact) mass is 152 g/mol. The van der Waals surface area contributed by atoms with E-state index in [-0.39, 0.29) is 0 Å². The molecule has 0 aliphatic heterocycles. The highest BCUT2D eigenvalue weighted by atomic mass is 35.5. The molecule has 38 valence electrons. The van der Waals surface area contributed by atoms with E-state index < -0.39 is 0 Å². The summed E-state index contributed by atoms with van der Waals surface area (Å²) in [7, 11) is 0.595. The molecule has 0 aliphatic carbocycles. The van der Waals surface area contributed by atoms with E-state index in [1.165, 1.54) is 0 Å². The predicted octanol–water partition coefficient (Wildman–Crippen LogP) is 3.02. The molecule has 0 saturated heterocycles. The standard InChI is InChI=1S/C4H3Cl2P/c5-3-1-2-7-4(3)6/h1-2,7H. The fraction of sp³-hybridized carbons (Fsp3) is 0. The number of hydrogen-bond acceptors (Lipinski definition) is 0. The Morgan fingerprint density at radius 3 is 2.29 bits per heavy atom. The van der Waals surface area contributed by atoms with Crippen LogP contribution in [0.1, 0.15) is 0 Å². The molecule has 0 aromatic carbocycles. The average molecular weight is 153 g/mol. The molecule has 1 atom stereocenters. The first-order chi connectivity index (χ1) is 3.30. The van der Waals surface area contributed by atoms with Crippen LogP contribution in [0, 0.1) is 0 Å². The summed E-state index contributed by atoms with van der Waals surface area (Å²) in [5, 5.41) is 0.694. The van der Waals surface area contributed by atoms with Crippen molar-refractivity contribution in [2.75, 3.05) is 0 Å². The van der Waals surface area contributed by atoms with Crippen molar-refractivity contribution in [1.82, 2.24) is 0 Å². The smallest absolute Gasteiger partial charge is 0.0751 e. The van der Waals surface area contributed by atoms with Crippen molar-refractivity contribution < 1.29 is 0 Å². The first-order valence-corrected chi connectivity index (χ1v) is 3.62. The molecule has 0 nitrogen and oxygen atoms in total. The molecule has 1 aromatic rings. The maximum Gasteiger partial charge on any atom is 0.0751 e. The third-order valence-corrected chi connectivity index (χ3v) is 2.61. The minimum atomic E-state index is 0.595. The lowest BCUT2D eigenvalue weighted by Crippen LogP contribution is -1.42. The summed E-state index contributed by atoms with van der Waals surface area (Å²) in [4.78, 5) is 0. The van der Waals surface area contributed by atoms with Gasteiger partial charge in [-0.2, -0.15) is 0 Å². The largest absolute Gasteiger partial charge is 0.118 e. The van der Waals surface area contributed by atoms with Crippen molar-refractivity contribution in [3.05, 3.63) is 21.6 Å². The van der Waals surface area contributed by atoms with Crippen LogP contribution in [0.25, 0.3) is 0 Å². The SMILES string of the molecule is Clc1cc[pH]c1Cl. The van der Waals surface area contributed by atoms with Crippen LogP contribution < -0.4 is 0 Å². The zero-order valence-corrected chi connectivity index (χ0v) is 5.92. The van der Waals surface area contributed by atoms with E-state index in [4.69, 9.17) is 23.2 Å². The van der Waals surface area contributed by atoms with Gasteiger partial charge >= 0.3 is 0 Å². The van der Waals surface area contributed by atoms with Crippen LogP contribution in [-0.4, -0.2) is 0 Å². The zero-order chi connectivity index (χ0) is 5.28. The van der Waals surface area contributed by atoms with Crippen molar-refractivity contribution in [3.63, 3.8) is 0 Å². The highest BCUT2D eigenvalue weighted by Crippen LogP contribution is 2.30. The molecule has 0 N–H and O–H groups in total. The van der Waals surface area contributed by atoms with Crippen molar-refractivity contribution in [2.45, 2.75) is 0 Å². The Morgan fingerprint density at radius 1 is 1.43 bits per heavy atom. The molecule has 0 fully saturated rings. The second kappa shape index (κ2) is 2.09. The first kappa shape index (κ1) is 5.50. The van der Waals surface area contributed by atoms with Crippen molar-refractivity contribution >= 4 is 31.4 Å². The molecular weight excluding hydrogens is 150 g/mol. The number of hydrogen-bond donors (Lipinski definition) is 0. The van der Waals surface area contributed by atoms with Gasteiger partial charge in [0, 0.05) is 0 Å². The molecule has 0 aliphatic rings. The van der Waals surface area contributed by atoms with Gasteiger partial charge < -0.3 is 0 Å². The van der Waals surface area contributed by atoms with E-state index in [0.29, 0.717) is 13.2 Å². The quantitative estimate of drug-likeness (QED) is 0.537. The number of rotatable bonds is 0. The maximum atomic E-state index is 5.56. The minimum Gasteiger partial charge on any atom is -0.118 e. The van der Waals surface area contributed by atoms with Crippen molar-refractivity contribution in [1.29, 1.82) is 0 Å². The predicted molar refractivity (Wildman–Crippen MR) is 36.0 cm³/mol. The lowest BCUT2D eigenvalue weighted by Gasteiger charge is -1.75. The molecule has 0 saturated carbocycles. The van der Waals surface area contributed by atoms with Crippen LogP contribution in [-0.2, 0) is 0 Å². The molecular formula is C4H3Cl2P. The van der Waals surface area contributed by atoms with Gasteiger partial charge in [-0.1, -0.05) is 23.2 Å². The normalized spacial score (nSPS) is 10.6. The van der Waals surface area contributed by atoms with Crippen molar-refractivity contribution in [2.24, 2.45) is 0 Å². The van der Waals surface area contributed by atoms with Crippen molar-refractivity contribution in [3.8, 4) is 0 Å². The summed E-state index contributed by atoms with van der Waals surface area (Å²) in [6, 6.07) is 1.82. The van der Waals surface area contributed by atoms with Gasteiger partial charge in [-0.05, 0) is 11.9 Å². The molecule has 0 radical (unpaired) electrons. The van der Waals surface area contributed by atoms with Crippen LogP contribution in [0.5, 0.6) is 0 Å². The first-order valence-electron chi connectivity index (χ1n) is 1.79. The van der Waals surface area contributed by atoms with Crippen LogP contribution in [0.3, 0.4) is 0 Å². The highest BCUT2D eigenvalue weighted by Gasteiger charge is 1.91. The van der Waals surface area contributed by atoms with Gasteiger partial charge in [-0.3, -0.25) is 0 Å². The molecule has 0 amide bonds. The average Bonchev–Trinajstić information content (AvgIpc) is 1.91. The van der Waals surface area contributed by atoms with Crippen LogP contribution in [0.2, 0.25) is 9.78 Å². The van der Waals surface area contributed by atoms with Gasteiger partial charge in [0.05, 0.1) is 9.78 Å². The third-order valence-electron chi connectivity index (χ3n) is 0.649. The molecule has 0 spiro atoms. The van der Waals surface area contributed by atoms with E-state index in [9.17, 15) is 0 Å². The van der Waals surface area contributed by atoms with Crippen LogP contribution in [0.4, 0.5) is 0 Å². The maximum absolute atomic E-state index is 5.56. The molecule has 1 rings (SSSR count). The lowest BCUT2D eigenvalue weighted by molar-refractivity contribution is 2.01. The van der Waals surface area contributed by atoms with E-state index in [2.05, 4.69) is 0 Å². The molecule has 1 unspecified atom stereocenters. The molecule has 3 heteroatoms. The number of halogens is 2. The Labute approximate surface area is 53.5 Å². The molecule has 7 heavy (non-hydrogen) atoms. The van der Waals surface area contributed by atoms with Gasteiger partial charge in [-0.25, -0.2) is 0 Å². The topological polar surface area (TPSA) is 0 Å². The van der Waals surface area contributed by atoms with E-state index >= 15 is 0 Å². The van der Waals surface area contributed by atoms with Crippen LogP contribution in [0.15, 0.2) is 11.9 Å². The molecule has 0 bridgehead atoms. The minimum absolute atomic E-state index is 0.595. The van der Waals surface area contributed by atoms with Gasteiger partial charge in [0.25, 0.3) is 0 Å². The van der Waals surface area contributed by atoms with E-state index in [0.717, 1.165) is 4.75 Å². The summed E-state index contributed by atoms with van der Waals surface area (Å²) in [6.07, 6.45) is 0. The third kappa shape index (κ3) is 1.13. The van der Waals surface area contributed by atoms with E-state index in [1.807, 2.05) is 11.9 Å².